The highest BCUT2D eigenvalue weighted by molar-refractivity contribution is 7.91. The Balaban J connectivity index is 1.95. The molecule has 0 radical (unpaired) electrons. The molecular formula is C19H16O3S. The Kier molecular flexibility index (Phi) is 3.92. The average molecular weight is 324 g/mol. The SMILES string of the molecule is Cc1ccc(-c2ccc(S(=O)(=O)c3ccc(O)cc3)cc2)cc1. The highest BCUT2D eigenvalue weighted by Crippen LogP contribution is 2.26. The van der Waals surface area contributed by atoms with Crippen LogP contribution in [0.15, 0.2) is 82.6 Å². The van der Waals surface area contributed by atoms with Crippen molar-refractivity contribution in [1.29, 1.82) is 0 Å². The third kappa shape index (κ3) is 3.12. The average Bonchev–Trinajstić information content (AvgIpc) is 2.56. The molecule has 0 saturated carbocycles. The number of benzene rings is 3. The van der Waals surface area contributed by atoms with E-state index in [-0.39, 0.29) is 15.5 Å². The van der Waals surface area contributed by atoms with Crippen molar-refractivity contribution >= 4 is 9.84 Å². The first kappa shape index (κ1) is 15.3. The Morgan fingerprint density at radius 1 is 0.652 bits per heavy atom. The third-order valence-corrected chi connectivity index (χ3v) is 5.48. The minimum Gasteiger partial charge on any atom is -0.508 e. The van der Waals surface area contributed by atoms with Crippen molar-refractivity contribution in [2.24, 2.45) is 0 Å². The Morgan fingerprint density at radius 3 is 1.52 bits per heavy atom. The molecular weight excluding hydrogens is 308 g/mol. The van der Waals surface area contributed by atoms with Crippen LogP contribution in [0.4, 0.5) is 0 Å². The fourth-order valence-corrected chi connectivity index (χ4v) is 3.59. The lowest BCUT2D eigenvalue weighted by atomic mass is 10.0. The molecule has 116 valence electrons. The molecule has 3 nitrogen and oxygen atoms in total. The van der Waals surface area contributed by atoms with Gasteiger partial charge in [0.15, 0.2) is 0 Å². The minimum atomic E-state index is -3.57. The highest BCUT2D eigenvalue weighted by atomic mass is 32.2. The molecule has 0 amide bonds. The first-order valence-corrected chi connectivity index (χ1v) is 8.66. The van der Waals surface area contributed by atoms with E-state index in [4.69, 9.17) is 0 Å². The van der Waals surface area contributed by atoms with Crippen LogP contribution < -0.4 is 0 Å². The first-order chi connectivity index (χ1) is 11.0. The molecule has 0 bridgehead atoms. The summed E-state index contributed by atoms with van der Waals surface area (Å²) < 4.78 is 25.1. The van der Waals surface area contributed by atoms with E-state index in [0.29, 0.717) is 0 Å². The van der Waals surface area contributed by atoms with Gasteiger partial charge in [0, 0.05) is 0 Å². The molecule has 3 aromatic carbocycles. The minimum absolute atomic E-state index is 0.0404. The maximum atomic E-state index is 12.6. The molecule has 0 aliphatic carbocycles. The topological polar surface area (TPSA) is 54.4 Å². The monoisotopic (exact) mass is 324 g/mol. The van der Waals surface area contributed by atoms with Crippen LogP contribution in [0.5, 0.6) is 5.75 Å². The molecule has 3 rings (SSSR count). The summed E-state index contributed by atoms with van der Waals surface area (Å²) in [7, 11) is -3.57. The van der Waals surface area contributed by atoms with E-state index in [0.717, 1.165) is 11.1 Å². The van der Waals surface area contributed by atoms with Crippen LogP contribution in [-0.4, -0.2) is 13.5 Å². The summed E-state index contributed by atoms with van der Waals surface area (Å²) in [4.78, 5) is 0.400. The molecule has 0 fully saturated rings. The molecule has 23 heavy (non-hydrogen) atoms. The maximum Gasteiger partial charge on any atom is 0.206 e. The second-order valence-corrected chi connectivity index (χ2v) is 7.34. The van der Waals surface area contributed by atoms with Gasteiger partial charge in [-0.15, -0.1) is 0 Å². The lowest BCUT2D eigenvalue weighted by molar-refractivity contribution is 0.475. The first-order valence-electron chi connectivity index (χ1n) is 7.18. The number of hydrogen-bond acceptors (Lipinski definition) is 3. The van der Waals surface area contributed by atoms with Crippen LogP contribution in [0.25, 0.3) is 11.1 Å². The molecule has 1 N–H and O–H groups in total. The van der Waals surface area contributed by atoms with Crippen LogP contribution in [0.2, 0.25) is 0 Å². The van der Waals surface area contributed by atoms with Gasteiger partial charge in [-0.2, -0.15) is 0 Å². The Morgan fingerprint density at radius 2 is 1.04 bits per heavy atom. The largest absolute Gasteiger partial charge is 0.508 e. The van der Waals surface area contributed by atoms with Crippen molar-refractivity contribution in [1.82, 2.24) is 0 Å². The summed E-state index contributed by atoms with van der Waals surface area (Å²) in [5.41, 5.74) is 3.19. The van der Waals surface area contributed by atoms with Gasteiger partial charge in [-0.3, -0.25) is 0 Å². The van der Waals surface area contributed by atoms with E-state index in [9.17, 15) is 13.5 Å². The van der Waals surface area contributed by atoms with Crippen molar-refractivity contribution in [2.75, 3.05) is 0 Å². The van der Waals surface area contributed by atoms with Gasteiger partial charge in [0.2, 0.25) is 9.84 Å². The van der Waals surface area contributed by atoms with E-state index in [1.165, 1.54) is 29.8 Å². The van der Waals surface area contributed by atoms with Gasteiger partial charge in [-0.1, -0.05) is 42.0 Å². The van der Waals surface area contributed by atoms with Crippen molar-refractivity contribution in [2.45, 2.75) is 16.7 Å². The fourth-order valence-electron chi connectivity index (χ4n) is 2.33. The predicted octanol–water partition coefficient (Wildman–Crippen LogP) is 4.20. The van der Waals surface area contributed by atoms with Gasteiger partial charge in [-0.05, 0) is 54.4 Å². The van der Waals surface area contributed by atoms with E-state index in [2.05, 4.69) is 0 Å². The standard InChI is InChI=1S/C19H16O3S/c1-14-2-4-15(5-3-14)16-6-10-18(11-7-16)23(21,22)19-12-8-17(20)9-13-19/h2-13,20H,1H3. The summed E-state index contributed by atoms with van der Waals surface area (Å²) in [6.07, 6.45) is 0. The zero-order chi connectivity index (χ0) is 16.4. The van der Waals surface area contributed by atoms with Crippen molar-refractivity contribution in [3.05, 3.63) is 78.4 Å². The van der Waals surface area contributed by atoms with Gasteiger partial charge in [-0.25, -0.2) is 8.42 Å². The van der Waals surface area contributed by atoms with Crippen molar-refractivity contribution in [3.8, 4) is 16.9 Å². The molecule has 3 aromatic rings. The van der Waals surface area contributed by atoms with E-state index < -0.39 is 9.84 Å². The van der Waals surface area contributed by atoms with Gasteiger partial charge in [0.1, 0.15) is 5.75 Å². The molecule has 0 aliphatic heterocycles. The second kappa shape index (κ2) is 5.89. The van der Waals surface area contributed by atoms with E-state index >= 15 is 0 Å². The van der Waals surface area contributed by atoms with Gasteiger partial charge in [0.05, 0.1) is 9.79 Å². The van der Waals surface area contributed by atoms with Gasteiger partial charge in [0.25, 0.3) is 0 Å². The smallest absolute Gasteiger partial charge is 0.206 e. The van der Waals surface area contributed by atoms with E-state index in [1.807, 2.05) is 31.2 Å². The number of sulfone groups is 1. The number of aromatic hydroxyl groups is 1. The number of aryl methyl sites for hydroxylation is 1. The van der Waals surface area contributed by atoms with Crippen molar-refractivity contribution < 1.29 is 13.5 Å². The molecule has 0 aliphatic rings. The normalized spacial score (nSPS) is 11.3. The highest BCUT2D eigenvalue weighted by Gasteiger charge is 2.17. The van der Waals surface area contributed by atoms with Crippen molar-refractivity contribution in [3.63, 3.8) is 0 Å². The van der Waals surface area contributed by atoms with Crippen LogP contribution >= 0.6 is 0 Å². The molecule has 0 unspecified atom stereocenters. The van der Waals surface area contributed by atoms with Gasteiger partial charge < -0.3 is 5.11 Å². The summed E-state index contributed by atoms with van der Waals surface area (Å²) >= 11 is 0. The molecule has 0 aromatic heterocycles. The molecule has 0 heterocycles. The molecule has 0 atom stereocenters. The van der Waals surface area contributed by atoms with Crippen LogP contribution in [0, 0.1) is 6.92 Å². The molecule has 0 spiro atoms. The predicted molar refractivity (Wildman–Crippen MR) is 90.2 cm³/mol. The Hall–Kier alpha value is -2.59. The second-order valence-electron chi connectivity index (χ2n) is 5.39. The lowest BCUT2D eigenvalue weighted by Crippen LogP contribution is -2.01. The number of phenolic OH excluding ortho intramolecular Hbond substituents is 1. The quantitative estimate of drug-likeness (QED) is 0.785. The summed E-state index contributed by atoms with van der Waals surface area (Å²) in [5, 5.41) is 9.28. The fraction of sp³-hybridized carbons (Fsp3) is 0.0526. The van der Waals surface area contributed by atoms with Crippen LogP contribution in [0.3, 0.4) is 0 Å². The van der Waals surface area contributed by atoms with E-state index in [1.54, 1.807) is 24.3 Å². The zero-order valence-corrected chi connectivity index (χ0v) is 13.4. The summed E-state index contributed by atoms with van der Waals surface area (Å²) in [6.45, 7) is 2.02. The Bertz CT molecular complexity index is 908. The Labute approximate surface area is 135 Å². The summed E-state index contributed by atoms with van der Waals surface area (Å²) in [5.74, 6) is 0.0404. The third-order valence-electron chi connectivity index (χ3n) is 3.70. The number of hydrogen-bond donors (Lipinski definition) is 1. The number of phenols is 1. The summed E-state index contributed by atoms with van der Waals surface area (Å²) in [6, 6.07) is 20.4. The maximum absolute atomic E-state index is 12.6. The van der Waals surface area contributed by atoms with Gasteiger partial charge >= 0.3 is 0 Å². The lowest BCUT2D eigenvalue weighted by Gasteiger charge is -2.07. The molecule has 4 heteroatoms. The zero-order valence-electron chi connectivity index (χ0n) is 12.6. The number of rotatable bonds is 3. The van der Waals surface area contributed by atoms with Crippen LogP contribution in [0.1, 0.15) is 5.56 Å². The molecule has 0 saturated heterocycles. The van der Waals surface area contributed by atoms with Crippen LogP contribution in [-0.2, 0) is 9.84 Å².